The molecule has 2 aliphatic rings. The van der Waals surface area contributed by atoms with Crippen LogP contribution in [0.1, 0.15) is 66.5 Å². The Balaban J connectivity index is 0.000000280. The van der Waals surface area contributed by atoms with E-state index in [2.05, 4.69) is 90.3 Å². The van der Waals surface area contributed by atoms with Crippen LogP contribution in [-0.4, -0.2) is 69.1 Å². The minimum absolute atomic E-state index is 0.00824. The van der Waals surface area contributed by atoms with Crippen LogP contribution in [0.15, 0.2) is 83.3 Å². The quantitative estimate of drug-likeness (QED) is 0.0862. The Bertz CT molecular complexity index is 1440. The van der Waals surface area contributed by atoms with E-state index in [-0.39, 0.29) is 26.6 Å². The van der Waals surface area contributed by atoms with Crippen molar-refractivity contribution in [2.24, 2.45) is 0 Å². The second kappa shape index (κ2) is 18.2. The second-order valence-corrected chi connectivity index (χ2v) is 27.6. The number of halogens is 1. The number of aliphatic hydroxyl groups excluding tert-OH is 1. The van der Waals surface area contributed by atoms with Crippen molar-refractivity contribution in [1.82, 2.24) is 0 Å². The molecule has 0 aromatic heterocycles. The molecule has 52 heavy (non-hydrogen) atoms. The summed E-state index contributed by atoms with van der Waals surface area (Å²) in [5.41, 5.74) is 3.00. The predicted octanol–water partition coefficient (Wildman–Crippen LogP) is 9.01. The Hall–Kier alpha value is -2.50. The third-order valence-electron chi connectivity index (χ3n) is 10.3. The lowest BCUT2D eigenvalue weighted by atomic mass is 10.1. The number of rotatable bonds is 14. The summed E-state index contributed by atoms with van der Waals surface area (Å²) in [5.74, 6) is 0.277. The molecule has 0 saturated carbocycles. The molecule has 288 valence electrons. The van der Waals surface area contributed by atoms with Gasteiger partial charge in [-0.2, -0.15) is 0 Å². The fourth-order valence-corrected chi connectivity index (χ4v) is 7.72. The molecule has 0 amide bonds. The van der Waals surface area contributed by atoms with Crippen LogP contribution in [0.3, 0.4) is 0 Å². The van der Waals surface area contributed by atoms with E-state index in [4.69, 9.17) is 27.8 Å². The average molecular weight is 867 g/mol. The van der Waals surface area contributed by atoms with E-state index in [0.717, 1.165) is 11.1 Å². The molecule has 4 rings (SSSR count). The van der Waals surface area contributed by atoms with Crippen molar-refractivity contribution < 1.29 is 42.5 Å². The van der Waals surface area contributed by atoms with Gasteiger partial charge >= 0.3 is 11.9 Å². The Kier molecular flexibility index (Phi) is 15.4. The van der Waals surface area contributed by atoms with Gasteiger partial charge in [-0.25, -0.2) is 9.59 Å². The van der Waals surface area contributed by atoms with Gasteiger partial charge in [0.2, 0.25) is 0 Å². The zero-order chi connectivity index (χ0) is 39.1. The first kappa shape index (κ1) is 43.9. The molecule has 2 aromatic carbocycles. The SMILES string of the molecule is CC1=C(OCc2ccccc2)[C@@H]([C@@H](O)CO[Si](C)(C)C(C)(C)C)OC1=O.CC1=C(OCc2ccccc2)[C@@H]([C@H](I)CO[Si](C)(C)C(C)(C)C)OC1=O. The Morgan fingerprint density at radius 3 is 1.44 bits per heavy atom. The minimum Gasteiger partial charge on any atom is -0.489 e. The molecular weight excluding hydrogens is 808 g/mol. The first-order chi connectivity index (χ1) is 24.1. The standard InChI is InChI=1S/C20H29IO4Si.C20H30O5Si/c2*1-14-17(23-12-15-10-8-7-9-11-15)18(25-19(14)22)16(21)13-24-26(5,6)20(2,3)4/h7-11,16,18H,12-13H2,1-6H3;7-11,16,18,21H,12-13H2,1-6H3/t16-,18-;16-,18+/m10/s1. The van der Waals surface area contributed by atoms with E-state index in [1.165, 1.54) is 0 Å². The van der Waals surface area contributed by atoms with Crippen LogP contribution in [0.2, 0.25) is 36.3 Å². The van der Waals surface area contributed by atoms with Gasteiger partial charge in [0.05, 0.1) is 21.7 Å². The zero-order valence-electron chi connectivity index (χ0n) is 33.0. The van der Waals surface area contributed by atoms with Crippen LogP contribution in [0.25, 0.3) is 0 Å². The number of benzene rings is 2. The summed E-state index contributed by atoms with van der Waals surface area (Å²) in [7, 11) is -3.85. The number of esters is 2. The molecule has 12 heteroatoms. The van der Waals surface area contributed by atoms with Gasteiger partial charge in [0.15, 0.2) is 34.6 Å². The average Bonchev–Trinajstić information content (AvgIpc) is 3.53. The largest absolute Gasteiger partial charge is 0.489 e. The summed E-state index contributed by atoms with van der Waals surface area (Å²) in [6, 6.07) is 19.6. The highest BCUT2D eigenvalue weighted by molar-refractivity contribution is 14.1. The van der Waals surface area contributed by atoms with Gasteiger partial charge in [-0.1, -0.05) is 125 Å². The Morgan fingerprint density at radius 1 is 0.673 bits per heavy atom. The normalized spacial score (nSPS) is 19.5. The number of hydrogen-bond acceptors (Lipinski definition) is 9. The number of alkyl halides is 1. The zero-order valence-corrected chi connectivity index (χ0v) is 37.2. The molecular formula is C40H59IO9Si2. The molecule has 0 radical (unpaired) electrons. The highest BCUT2D eigenvalue weighted by Gasteiger charge is 2.43. The van der Waals surface area contributed by atoms with Gasteiger partial charge in [0, 0.05) is 6.61 Å². The number of carbonyl (C=O) groups excluding carboxylic acids is 2. The lowest BCUT2D eigenvalue weighted by Crippen LogP contribution is -2.44. The van der Waals surface area contributed by atoms with Crippen molar-refractivity contribution in [3.63, 3.8) is 0 Å². The van der Waals surface area contributed by atoms with E-state index in [1.54, 1.807) is 13.8 Å². The first-order valence-electron chi connectivity index (χ1n) is 17.8. The fourth-order valence-electron chi connectivity index (χ4n) is 4.67. The van der Waals surface area contributed by atoms with Crippen LogP contribution >= 0.6 is 22.6 Å². The molecule has 0 unspecified atom stereocenters. The van der Waals surface area contributed by atoms with Crippen LogP contribution in [-0.2, 0) is 50.6 Å². The summed E-state index contributed by atoms with van der Waals surface area (Å²) >= 11 is 2.31. The van der Waals surface area contributed by atoms with E-state index < -0.39 is 40.9 Å². The number of hydrogen-bond donors (Lipinski definition) is 1. The van der Waals surface area contributed by atoms with Crippen LogP contribution in [0.4, 0.5) is 0 Å². The maximum atomic E-state index is 12.1. The molecule has 0 aliphatic carbocycles. The topological polar surface area (TPSA) is 110 Å². The molecule has 0 bridgehead atoms. The first-order valence-corrected chi connectivity index (χ1v) is 24.9. The van der Waals surface area contributed by atoms with Crippen molar-refractivity contribution in [1.29, 1.82) is 0 Å². The van der Waals surface area contributed by atoms with Gasteiger partial charge in [0.1, 0.15) is 25.1 Å². The highest BCUT2D eigenvalue weighted by Crippen LogP contribution is 2.39. The van der Waals surface area contributed by atoms with E-state index >= 15 is 0 Å². The molecule has 4 atom stereocenters. The molecule has 9 nitrogen and oxygen atoms in total. The Morgan fingerprint density at radius 2 is 1.04 bits per heavy atom. The lowest BCUT2D eigenvalue weighted by molar-refractivity contribution is -0.146. The highest BCUT2D eigenvalue weighted by atomic mass is 127. The van der Waals surface area contributed by atoms with Crippen LogP contribution in [0, 0.1) is 0 Å². The number of cyclic esters (lactones) is 2. The van der Waals surface area contributed by atoms with E-state index in [0.29, 0.717) is 42.5 Å². The molecule has 0 fully saturated rings. The summed E-state index contributed by atoms with van der Waals surface area (Å²) in [6.07, 6.45) is -2.18. The van der Waals surface area contributed by atoms with E-state index in [9.17, 15) is 14.7 Å². The van der Waals surface area contributed by atoms with Gasteiger partial charge in [-0.15, -0.1) is 0 Å². The van der Waals surface area contributed by atoms with Gasteiger partial charge in [0.25, 0.3) is 0 Å². The monoisotopic (exact) mass is 866 g/mol. The summed E-state index contributed by atoms with van der Waals surface area (Å²) in [4.78, 5) is 24.0. The summed E-state index contributed by atoms with van der Waals surface area (Å²) in [5, 5.41) is 10.8. The Labute approximate surface area is 326 Å². The van der Waals surface area contributed by atoms with Crippen molar-refractivity contribution in [2.75, 3.05) is 13.2 Å². The molecule has 1 N–H and O–H groups in total. The van der Waals surface area contributed by atoms with Gasteiger partial charge in [-0.05, 0) is 61.2 Å². The number of aliphatic hydroxyl groups is 1. The van der Waals surface area contributed by atoms with Crippen LogP contribution in [0.5, 0.6) is 0 Å². The molecule has 2 aliphatic heterocycles. The smallest absolute Gasteiger partial charge is 0.338 e. The maximum Gasteiger partial charge on any atom is 0.338 e. The lowest BCUT2D eigenvalue weighted by Gasteiger charge is -2.37. The second-order valence-electron chi connectivity index (χ2n) is 16.4. The molecule has 2 aromatic rings. The fraction of sp³-hybridized carbons (Fsp3) is 0.550. The number of ether oxygens (including phenoxy) is 4. The van der Waals surface area contributed by atoms with Gasteiger partial charge < -0.3 is 32.9 Å². The van der Waals surface area contributed by atoms with Crippen molar-refractivity contribution in [2.45, 2.75) is 127 Å². The minimum atomic E-state index is -2.00. The molecule has 2 heterocycles. The van der Waals surface area contributed by atoms with Crippen molar-refractivity contribution >= 4 is 51.2 Å². The third-order valence-corrected chi connectivity index (χ3v) is 20.3. The van der Waals surface area contributed by atoms with E-state index in [1.807, 2.05) is 60.7 Å². The van der Waals surface area contributed by atoms with Gasteiger partial charge in [-0.3, -0.25) is 0 Å². The third kappa shape index (κ3) is 11.8. The predicted molar refractivity (Wildman–Crippen MR) is 218 cm³/mol. The van der Waals surface area contributed by atoms with Crippen molar-refractivity contribution in [3.8, 4) is 0 Å². The molecule has 0 saturated heterocycles. The molecule has 0 spiro atoms. The summed E-state index contributed by atoms with van der Waals surface area (Å²) < 4.78 is 35.1. The maximum absolute atomic E-state index is 12.1. The van der Waals surface area contributed by atoms with Crippen LogP contribution < -0.4 is 0 Å². The van der Waals surface area contributed by atoms with Crippen molar-refractivity contribution in [3.05, 3.63) is 94.5 Å². The summed E-state index contributed by atoms with van der Waals surface area (Å²) in [6.45, 7) is 26.6. The number of carbonyl (C=O) groups is 2.